The van der Waals surface area contributed by atoms with Crippen molar-refractivity contribution >= 4 is 18.0 Å². The number of alkyl carbamates (subject to hydrolysis) is 1. The zero-order valence-electron chi connectivity index (χ0n) is 15.1. The van der Waals surface area contributed by atoms with Gasteiger partial charge >= 0.3 is 12.1 Å². The van der Waals surface area contributed by atoms with Gasteiger partial charge in [-0.3, -0.25) is 4.79 Å². The number of amides is 2. The number of hydrogen-bond acceptors (Lipinski definition) is 6. The summed E-state index contributed by atoms with van der Waals surface area (Å²) in [6.45, 7) is 1.43. The molecule has 0 aliphatic rings. The van der Waals surface area contributed by atoms with Gasteiger partial charge in [-0.15, -0.1) is 0 Å². The van der Waals surface area contributed by atoms with Crippen LogP contribution in [0.1, 0.15) is 31.7 Å². The Morgan fingerprint density at radius 3 is 2.38 bits per heavy atom. The Morgan fingerprint density at radius 2 is 1.81 bits per heavy atom. The average molecular weight is 366 g/mol. The summed E-state index contributed by atoms with van der Waals surface area (Å²) in [7, 11) is 1.16. The van der Waals surface area contributed by atoms with Crippen LogP contribution < -0.4 is 10.6 Å². The summed E-state index contributed by atoms with van der Waals surface area (Å²) in [5, 5.41) is 14.1. The van der Waals surface area contributed by atoms with E-state index in [0.717, 1.165) is 19.1 Å². The first kappa shape index (κ1) is 21.4. The number of aliphatic hydroxyl groups is 1. The quantitative estimate of drug-likeness (QED) is 0.535. The van der Waals surface area contributed by atoms with Crippen LogP contribution in [0.5, 0.6) is 0 Å². The highest BCUT2D eigenvalue weighted by atomic mass is 16.5. The fraction of sp³-hybridized carbons (Fsp3) is 0.500. The van der Waals surface area contributed by atoms with Crippen LogP contribution in [-0.2, 0) is 25.7 Å². The lowest BCUT2D eigenvalue weighted by molar-refractivity contribution is -0.146. The van der Waals surface area contributed by atoms with Gasteiger partial charge in [-0.2, -0.15) is 0 Å². The summed E-state index contributed by atoms with van der Waals surface area (Å²) >= 11 is 0. The Morgan fingerprint density at radius 1 is 1.12 bits per heavy atom. The molecule has 8 nitrogen and oxygen atoms in total. The van der Waals surface area contributed by atoms with E-state index in [2.05, 4.69) is 15.4 Å². The van der Waals surface area contributed by atoms with Crippen molar-refractivity contribution in [3.05, 3.63) is 35.9 Å². The maximum Gasteiger partial charge on any atom is 0.408 e. The molecular formula is C18H26N2O6. The van der Waals surface area contributed by atoms with Crippen LogP contribution in [-0.4, -0.2) is 48.9 Å². The Balaban J connectivity index is 2.62. The fourth-order valence-electron chi connectivity index (χ4n) is 2.18. The molecule has 2 atom stereocenters. The number of ether oxygens (including phenoxy) is 2. The molecule has 0 fully saturated rings. The van der Waals surface area contributed by atoms with Gasteiger partial charge in [-0.1, -0.05) is 50.1 Å². The number of rotatable bonds is 10. The molecule has 26 heavy (non-hydrogen) atoms. The number of aliphatic hydroxyl groups excluding tert-OH is 1. The van der Waals surface area contributed by atoms with Crippen molar-refractivity contribution in [1.29, 1.82) is 0 Å². The molecule has 8 heteroatoms. The molecule has 0 aromatic heterocycles. The lowest BCUT2D eigenvalue weighted by atomic mass is 10.1. The van der Waals surface area contributed by atoms with Crippen LogP contribution in [0.2, 0.25) is 0 Å². The largest absolute Gasteiger partial charge is 0.467 e. The predicted octanol–water partition coefficient (Wildman–Crippen LogP) is 1.12. The molecule has 1 aromatic rings. The lowest BCUT2D eigenvalue weighted by Crippen LogP contribution is -2.53. The Labute approximate surface area is 152 Å². The third-order valence-corrected chi connectivity index (χ3v) is 3.65. The summed E-state index contributed by atoms with van der Waals surface area (Å²) in [5.41, 5.74) is 0.822. The van der Waals surface area contributed by atoms with Crippen LogP contribution in [0.15, 0.2) is 30.3 Å². The molecule has 0 saturated heterocycles. The molecule has 0 aliphatic heterocycles. The summed E-state index contributed by atoms with van der Waals surface area (Å²) < 4.78 is 9.63. The number of hydrogen-bond donors (Lipinski definition) is 3. The Kier molecular flexibility index (Phi) is 9.78. The lowest BCUT2D eigenvalue weighted by Gasteiger charge is -2.21. The molecule has 0 spiro atoms. The summed E-state index contributed by atoms with van der Waals surface area (Å²) in [6.07, 6.45) is 1.16. The monoisotopic (exact) mass is 366 g/mol. The number of nitrogens with one attached hydrogen (secondary N) is 2. The molecule has 0 aliphatic carbocycles. The van der Waals surface area contributed by atoms with Crippen molar-refractivity contribution in [1.82, 2.24) is 10.6 Å². The van der Waals surface area contributed by atoms with Crippen LogP contribution in [0, 0.1) is 0 Å². The van der Waals surface area contributed by atoms with Crippen LogP contribution in [0.3, 0.4) is 0 Å². The molecule has 0 saturated carbocycles. The number of carbonyl (C=O) groups is 3. The molecule has 1 rings (SSSR count). The van der Waals surface area contributed by atoms with Gasteiger partial charge in [0.25, 0.3) is 0 Å². The highest BCUT2D eigenvalue weighted by Crippen LogP contribution is 2.04. The van der Waals surface area contributed by atoms with E-state index in [1.807, 2.05) is 37.3 Å². The summed E-state index contributed by atoms with van der Waals surface area (Å²) in [4.78, 5) is 35.8. The Hall–Kier alpha value is -2.61. The molecule has 0 bridgehead atoms. The molecule has 0 unspecified atom stereocenters. The van der Waals surface area contributed by atoms with Crippen molar-refractivity contribution in [3.63, 3.8) is 0 Å². The van der Waals surface area contributed by atoms with Crippen molar-refractivity contribution < 1.29 is 29.0 Å². The van der Waals surface area contributed by atoms with Gasteiger partial charge in [0.15, 0.2) is 6.04 Å². The normalized spacial score (nSPS) is 12.6. The smallest absolute Gasteiger partial charge is 0.408 e. The van der Waals surface area contributed by atoms with Gasteiger partial charge in [-0.05, 0) is 12.0 Å². The number of benzene rings is 1. The Bertz CT molecular complexity index is 578. The maximum absolute atomic E-state index is 12.3. The first-order valence-corrected chi connectivity index (χ1v) is 8.48. The van der Waals surface area contributed by atoms with Gasteiger partial charge in [-0.25, -0.2) is 9.59 Å². The molecule has 0 heterocycles. The van der Waals surface area contributed by atoms with Gasteiger partial charge in [0.05, 0.1) is 13.7 Å². The van der Waals surface area contributed by atoms with E-state index in [1.54, 1.807) is 0 Å². The second kappa shape index (κ2) is 11.9. The van der Waals surface area contributed by atoms with E-state index < -0.39 is 36.7 Å². The van der Waals surface area contributed by atoms with Gasteiger partial charge < -0.3 is 25.2 Å². The predicted molar refractivity (Wildman–Crippen MR) is 94.1 cm³/mol. The zero-order chi connectivity index (χ0) is 19.4. The minimum atomic E-state index is -1.18. The second-order valence-corrected chi connectivity index (χ2v) is 5.67. The summed E-state index contributed by atoms with van der Waals surface area (Å²) in [5.74, 6) is -1.35. The van der Waals surface area contributed by atoms with Crippen LogP contribution in [0.4, 0.5) is 4.79 Å². The third kappa shape index (κ3) is 7.52. The van der Waals surface area contributed by atoms with E-state index in [1.165, 1.54) is 0 Å². The number of carbonyl (C=O) groups excluding carboxylic acids is 3. The van der Waals surface area contributed by atoms with Crippen LogP contribution >= 0.6 is 0 Å². The molecule has 0 radical (unpaired) electrons. The van der Waals surface area contributed by atoms with Gasteiger partial charge in [0.1, 0.15) is 12.6 Å². The van der Waals surface area contributed by atoms with Crippen molar-refractivity contribution in [2.24, 2.45) is 0 Å². The molecule has 1 aromatic carbocycles. The molecular weight excluding hydrogens is 340 g/mol. The van der Waals surface area contributed by atoms with Crippen molar-refractivity contribution in [2.45, 2.75) is 44.9 Å². The van der Waals surface area contributed by atoms with Gasteiger partial charge in [0, 0.05) is 0 Å². The van der Waals surface area contributed by atoms with E-state index in [0.29, 0.717) is 12.8 Å². The van der Waals surface area contributed by atoms with Crippen LogP contribution in [0.25, 0.3) is 0 Å². The van der Waals surface area contributed by atoms with E-state index >= 15 is 0 Å². The van der Waals surface area contributed by atoms with E-state index in [4.69, 9.17) is 4.74 Å². The van der Waals surface area contributed by atoms with Gasteiger partial charge in [0.2, 0.25) is 5.91 Å². The summed E-state index contributed by atoms with van der Waals surface area (Å²) in [6, 6.07) is 7.09. The standard InChI is InChI=1S/C18H26N2O6/c1-3-4-10-14(16(22)19-15(11-21)17(23)25-2)20-18(24)26-12-13-8-6-5-7-9-13/h5-9,14-15,21H,3-4,10-12H2,1-2H3,(H,19,22)(H,20,24)/t14-,15+/m1/s1. The average Bonchev–Trinajstić information content (AvgIpc) is 2.67. The second-order valence-electron chi connectivity index (χ2n) is 5.67. The minimum absolute atomic E-state index is 0.0796. The highest BCUT2D eigenvalue weighted by Gasteiger charge is 2.26. The first-order chi connectivity index (χ1) is 12.5. The van der Waals surface area contributed by atoms with Crippen molar-refractivity contribution in [3.8, 4) is 0 Å². The van der Waals surface area contributed by atoms with E-state index in [-0.39, 0.29) is 6.61 Å². The van der Waals surface area contributed by atoms with E-state index in [9.17, 15) is 19.5 Å². The fourth-order valence-corrected chi connectivity index (χ4v) is 2.18. The SMILES string of the molecule is CCCC[C@@H](NC(=O)OCc1ccccc1)C(=O)N[C@@H](CO)C(=O)OC. The minimum Gasteiger partial charge on any atom is -0.467 e. The molecule has 2 amide bonds. The maximum atomic E-state index is 12.3. The topological polar surface area (TPSA) is 114 Å². The van der Waals surface area contributed by atoms with Crippen molar-refractivity contribution in [2.75, 3.05) is 13.7 Å². The highest BCUT2D eigenvalue weighted by molar-refractivity contribution is 5.89. The number of esters is 1. The zero-order valence-corrected chi connectivity index (χ0v) is 15.1. The molecule has 144 valence electrons. The number of unbranched alkanes of at least 4 members (excludes halogenated alkanes) is 1. The number of methoxy groups -OCH3 is 1. The molecule has 3 N–H and O–H groups in total. The third-order valence-electron chi connectivity index (χ3n) is 3.65. The first-order valence-electron chi connectivity index (χ1n) is 8.48.